The van der Waals surface area contributed by atoms with Crippen molar-refractivity contribution in [2.75, 3.05) is 5.73 Å². The molecule has 0 radical (unpaired) electrons. The molecule has 0 aliphatic carbocycles. The van der Waals surface area contributed by atoms with Crippen molar-refractivity contribution in [2.24, 2.45) is 0 Å². The Morgan fingerprint density at radius 3 is 3.00 bits per heavy atom. The zero-order valence-corrected chi connectivity index (χ0v) is 12.4. The minimum atomic E-state index is 0.721. The molecular weight excluding hydrogens is 314 g/mol. The third kappa shape index (κ3) is 3.23. The quantitative estimate of drug-likeness (QED) is 0.675. The summed E-state index contributed by atoms with van der Waals surface area (Å²) < 4.78 is 2.82. The molecule has 7 heteroatoms. The fourth-order valence-corrected chi connectivity index (χ4v) is 2.77. The molecule has 2 N–H and O–H groups in total. The molecule has 2 aromatic rings. The Kier molecular flexibility index (Phi) is 4.60. The van der Waals surface area contributed by atoms with Gasteiger partial charge in [-0.2, -0.15) is 0 Å². The summed E-state index contributed by atoms with van der Waals surface area (Å²) in [6.45, 7) is 2.95. The van der Waals surface area contributed by atoms with Gasteiger partial charge in [0, 0.05) is 21.6 Å². The first-order valence-electron chi connectivity index (χ1n) is 5.63. The van der Waals surface area contributed by atoms with Gasteiger partial charge < -0.3 is 5.73 Å². The number of hydrogen-bond donors (Lipinski definition) is 1. The van der Waals surface area contributed by atoms with E-state index in [1.165, 1.54) is 0 Å². The summed E-state index contributed by atoms with van der Waals surface area (Å²) >= 11 is 5.04. The highest BCUT2D eigenvalue weighted by Gasteiger charge is 2.07. The zero-order chi connectivity index (χ0) is 13.0. The van der Waals surface area contributed by atoms with Crippen molar-refractivity contribution in [3.05, 3.63) is 28.5 Å². The average Bonchev–Trinajstić information content (AvgIpc) is 2.76. The second-order valence-corrected chi connectivity index (χ2v) is 5.72. The van der Waals surface area contributed by atoms with Gasteiger partial charge in [0.1, 0.15) is 0 Å². The highest BCUT2D eigenvalue weighted by atomic mass is 79.9. The maximum atomic E-state index is 5.95. The van der Waals surface area contributed by atoms with Crippen molar-refractivity contribution in [3.8, 4) is 0 Å². The van der Waals surface area contributed by atoms with Crippen LogP contribution >= 0.6 is 27.7 Å². The van der Waals surface area contributed by atoms with Crippen LogP contribution in [0.3, 0.4) is 0 Å². The van der Waals surface area contributed by atoms with E-state index < -0.39 is 0 Å². The van der Waals surface area contributed by atoms with Crippen molar-refractivity contribution in [1.29, 1.82) is 0 Å². The molecule has 0 amide bonds. The number of hydrogen-bond acceptors (Lipinski definition) is 5. The Morgan fingerprint density at radius 1 is 1.44 bits per heavy atom. The van der Waals surface area contributed by atoms with E-state index in [9.17, 15) is 0 Å². The molecule has 2 rings (SSSR count). The highest BCUT2D eigenvalue weighted by molar-refractivity contribution is 9.10. The summed E-state index contributed by atoms with van der Waals surface area (Å²) in [4.78, 5) is 1.05. The average molecular weight is 328 g/mol. The first-order chi connectivity index (χ1) is 8.70. The molecule has 18 heavy (non-hydrogen) atoms. The SMILES string of the molecule is CCCn1nnnc1CSc1ccc(Br)cc1N. The van der Waals surface area contributed by atoms with E-state index in [4.69, 9.17) is 5.73 Å². The summed E-state index contributed by atoms with van der Waals surface area (Å²) in [5, 5.41) is 11.7. The predicted molar refractivity (Wildman–Crippen MR) is 76.2 cm³/mol. The lowest BCUT2D eigenvalue weighted by Crippen LogP contribution is -2.04. The molecule has 0 atom stereocenters. The van der Waals surface area contributed by atoms with Crippen LogP contribution in [-0.2, 0) is 12.3 Å². The predicted octanol–water partition coefficient (Wildman–Crippen LogP) is 2.72. The van der Waals surface area contributed by atoms with E-state index in [0.29, 0.717) is 0 Å². The topological polar surface area (TPSA) is 69.6 Å². The monoisotopic (exact) mass is 327 g/mol. The van der Waals surface area contributed by atoms with Gasteiger partial charge in [-0.1, -0.05) is 22.9 Å². The number of rotatable bonds is 5. The lowest BCUT2D eigenvalue weighted by atomic mass is 10.3. The number of tetrazole rings is 1. The number of thioether (sulfide) groups is 1. The maximum Gasteiger partial charge on any atom is 0.161 e. The fourth-order valence-electron chi connectivity index (χ4n) is 1.51. The van der Waals surface area contributed by atoms with Crippen LogP contribution in [0.1, 0.15) is 19.2 Å². The van der Waals surface area contributed by atoms with Crippen LogP contribution in [0.25, 0.3) is 0 Å². The molecular formula is C11H14BrN5S. The molecule has 1 heterocycles. The van der Waals surface area contributed by atoms with E-state index in [0.717, 1.165) is 39.6 Å². The molecule has 0 fully saturated rings. The van der Waals surface area contributed by atoms with E-state index in [-0.39, 0.29) is 0 Å². The number of halogens is 1. The van der Waals surface area contributed by atoms with Crippen LogP contribution in [-0.4, -0.2) is 20.2 Å². The van der Waals surface area contributed by atoms with Crippen LogP contribution in [0.15, 0.2) is 27.6 Å². The van der Waals surface area contributed by atoms with Crippen molar-refractivity contribution in [1.82, 2.24) is 20.2 Å². The fraction of sp³-hybridized carbons (Fsp3) is 0.364. The Labute approximate surface area is 118 Å². The maximum absolute atomic E-state index is 5.95. The number of aryl methyl sites for hydroxylation is 1. The smallest absolute Gasteiger partial charge is 0.161 e. The van der Waals surface area contributed by atoms with Gasteiger partial charge in [-0.05, 0) is 35.0 Å². The van der Waals surface area contributed by atoms with E-state index in [1.54, 1.807) is 11.8 Å². The van der Waals surface area contributed by atoms with Gasteiger partial charge in [0.25, 0.3) is 0 Å². The minimum Gasteiger partial charge on any atom is -0.398 e. The van der Waals surface area contributed by atoms with Crippen LogP contribution in [0.4, 0.5) is 5.69 Å². The van der Waals surface area contributed by atoms with Gasteiger partial charge >= 0.3 is 0 Å². The Hall–Kier alpha value is -1.08. The van der Waals surface area contributed by atoms with Gasteiger partial charge in [-0.25, -0.2) is 4.68 Å². The molecule has 0 aliphatic heterocycles. The minimum absolute atomic E-state index is 0.721. The standard InChI is InChI=1S/C11H14BrN5S/c1-2-5-17-11(14-15-16-17)7-18-10-4-3-8(12)6-9(10)13/h3-4,6H,2,5,7,13H2,1H3. The van der Waals surface area contributed by atoms with Gasteiger partial charge in [0.15, 0.2) is 5.82 Å². The normalized spacial score (nSPS) is 10.8. The van der Waals surface area contributed by atoms with Crippen LogP contribution in [0.2, 0.25) is 0 Å². The van der Waals surface area contributed by atoms with Crippen molar-refractivity contribution in [2.45, 2.75) is 30.5 Å². The van der Waals surface area contributed by atoms with Crippen LogP contribution < -0.4 is 5.73 Å². The molecule has 96 valence electrons. The summed E-state index contributed by atoms with van der Waals surface area (Å²) in [6.07, 6.45) is 1.02. The summed E-state index contributed by atoms with van der Waals surface area (Å²) in [5.41, 5.74) is 6.72. The molecule has 0 saturated heterocycles. The first kappa shape index (κ1) is 13.4. The molecule has 0 bridgehead atoms. The lowest BCUT2D eigenvalue weighted by Gasteiger charge is -2.06. The molecule has 5 nitrogen and oxygen atoms in total. The second kappa shape index (κ2) is 6.19. The summed E-state index contributed by atoms with van der Waals surface area (Å²) in [7, 11) is 0. The number of anilines is 1. The third-order valence-electron chi connectivity index (χ3n) is 2.37. The number of nitrogens with zero attached hydrogens (tertiary/aromatic N) is 4. The van der Waals surface area contributed by atoms with E-state index >= 15 is 0 Å². The zero-order valence-electron chi connectivity index (χ0n) is 10.0. The van der Waals surface area contributed by atoms with Gasteiger partial charge in [0.2, 0.25) is 0 Å². The molecule has 0 aliphatic rings. The van der Waals surface area contributed by atoms with Gasteiger partial charge in [-0.3, -0.25) is 0 Å². The van der Waals surface area contributed by atoms with E-state index in [1.807, 2.05) is 22.9 Å². The van der Waals surface area contributed by atoms with E-state index in [2.05, 4.69) is 38.4 Å². The lowest BCUT2D eigenvalue weighted by molar-refractivity contribution is 0.564. The Morgan fingerprint density at radius 2 is 2.28 bits per heavy atom. The van der Waals surface area contributed by atoms with Gasteiger partial charge in [0.05, 0.1) is 5.75 Å². The number of benzene rings is 1. The third-order valence-corrected chi connectivity index (χ3v) is 3.95. The first-order valence-corrected chi connectivity index (χ1v) is 7.41. The Balaban J connectivity index is 2.04. The highest BCUT2D eigenvalue weighted by Crippen LogP contribution is 2.29. The van der Waals surface area contributed by atoms with Crippen molar-refractivity contribution in [3.63, 3.8) is 0 Å². The number of aromatic nitrogens is 4. The summed E-state index contributed by atoms with van der Waals surface area (Å²) in [5.74, 6) is 1.60. The number of nitrogen functional groups attached to an aromatic ring is 1. The van der Waals surface area contributed by atoms with Crippen molar-refractivity contribution >= 4 is 33.4 Å². The number of nitrogens with two attached hydrogens (primary N) is 1. The molecule has 1 aromatic carbocycles. The molecule has 0 saturated carbocycles. The van der Waals surface area contributed by atoms with Gasteiger partial charge in [-0.15, -0.1) is 16.9 Å². The Bertz CT molecular complexity index is 528. The molecule has 0 unspecified atom stereocenters. The molecule has 1 aromatic heterocycles. The van der Waals surface area contributed by atoms with Crippen LogP contribution in [0, 0.1) is 0 Å². The molecule has 0 spiro atoms. The van der Waals surface area contributed by atoms with Crippen molar-refractivity contribution < 1.29 is 0 Å². The second-order valence-electron chi connectivity index (χ2n) is 3.79. The largest absolute Gasteiger partial charge is 0.398 e. The van der Waals surface area contributed by atoms with Crippen LogP contribution in [0.5, 0.6) is 0 Å². The summed E-state index contributed by atoms with van der Waals surface area (Å²) in [6, 6.07) is 5.88.